The Morgan fingerprint density at radius 2 is 1.91 bits per heavy atom. The van der Waals surface area contributed by atoms with Crippen molar-refractivity contribution >= 4 is 27.0 Å². The van der Waals surface area contributed by atoms with Crippen LogP contribution in [0.4, 0.5) is 0 Å². The lowest BCUT2D eigenvalue weighted by Crippen LogP contribution is -2.46. The third kappa shape index (κ3) is 4.28. The van der Waals surface area contributed by atoms with Gasteiger partial charge in [0.1, 0.15) is 0 Å². The summed E-state index contributed by atoms with van der Waals surface area (Å²) in [6.07, 6.45) is 2.25. The van der Waals surface area contributed by atoms with E-state index in [9.17, 15) is 22.8 Å². The number of fused-ring (bicyclic) bond motifs is 2. The Hall–Kier alpha value is -3.12. The Morgan fingerprint density at radius 3 is 2.62 bits per heavy atom. The predicted molar refractivity (Wildman–Crippen MR) is 118 cm³/mol. The van der Waals surface area contributed by atoms with Crippen LogP contribution < -0.4 is 16.0 Å². The van der Waals surface area contributed by atoms with Gasteiger partial charge in [0, 0.05) is 13.1 Å². The number of hydrogen-bond donors (Lipinski definition) is 2. The summed E-state index contributed by atoms with van der Waals surface area (Å²) in [6, 6.07) is 3.24. The van der Waals surface area contributed by atoms with E-state index in [0.29, 0.717) is 31.6 Å². The molecule has 11 nitrogen and oxygen atoms in total. The number of H-pyrrole nitrogens is 1. The van der Waals surface area contributed by atoms with Gasteiger partial charge < -0.3 is 4.57 Å². The molecule has 0 aliphatic carbocycles. The Kier molecular flexibility index (Phi) is 5.59. The van der Waals surface area contributed by atoms with Gasteiger partial charge in [0.05, 0.1) is 23.3 Å². The Balaban J connectivity index is 1.74. The van der Waals surface area contributed by atoms with Crippen LogP contribution in [0.25, 0.3) is 22.6 Å². The van der Waals surface area contributed by atoms with Crippen LogP contribution in [0.5, 0.6) is 0 Å². The molecule has 0 saturated carbocycles. The summed E-state index contributed by atoms with van der Waals surface area (Å²) in [5.41, 5.74) is 2.04. The molecule has 1 aromatic carbocycles. The molecule has 2 N–H and O–H groups in total. The first kappa shape index (κ1) is 22.1. The molecule has 0 aromatic heterocycles. The molecule has 1 aromatic rings. The number of benzene rings is 1. The highest BCUT2D eigenvalue weighted by atomic mass is 32.2. The van der Waals surface area contributed by atoms with E-state index in [1.165, 1.54) is 0 Å². The van der Waals surface area contributed by atoms with Crippen molar-refractivity contribution in [3.63, 3.8) is 0 Å². The van der Waals surface area contributed by atoms with E-state index in [1.807, 2.05) is 30.9 Å². The number of likely N-dealkylation sites (tertiary alicyclic amines) is 1. The Morgan fingerprint density at radius 1 is 1.19 bits per heavy atom. The molecule has 1 saturated heterocycles. The third-order valence-electron chi connectivity index (χ3n) is 5.79. The SMILES string of the molecule is Cc1cc2nc3c(=O)[nH]c(=O)nc-3n(CCN3CCC[C@@H]3C(=O)NS(C)(=O)=O)c2cc1C. The van der Waals surface area contributed by atoms with Crippen LogP contribution >= 0.6 is 0 Å². The molecule has 3 heterocycles. The smallest absolute Gasteiger partial charge is 0.321 e. The summed E-state index contributed by atoms with van der Waals surface area (Å²) in [7, 11) is -3.65. The largest absolute Gasteiger partial charge is 0.349 e. The van der Waals surface area contributed by atoms with Gasteiger partial charge in [0.25, 0.3) is 11.5 Å². The molecule has 12 heteroatoms. The maximum Gasteiger partial charge on any atom is 0.349 e. The van der Waals surface area contributed by atoms with E-state index in [4.69, 9.17) is 0 Å². The molecular weight excluding hydrogens is 436 g/mol. The quantitative estimate of drug-likeness (QED) is 0.495. The highest BCUT2D eigenvalue weighted by Gasteiger charge is 2.32. The molecule has 1 amide bonds. The first-order chi connectivity index (χ1) is 15.0. The molecule has 3 aliphatic heterocycles. The van der Waals surface area contributed by atoms with Crippen molar-refractivity contribution in [3.05, 3.63) is 44.1 Å². The number of carbonyl (C=O) groups is 1. The monoisotopic (exact) mass is 460 g/mol. The number of amides is 1. The topological polar surface area (TPSA) is 147 Å². The molecule has 4 rings (SSSR count). The van der Waals surface area contributed by atoms with Crippen LogP contribution in [0.3, 0.4) is 0 Å². The second-order valence-electron chi connectivity index (χ2n) is 8.16. The number of nitrogens with zero attached hydrogens (tertiary/aromatic N) is 4. The van der Waals surface area contributed by atoms with Gasteiger partial charge in [0.15, 0.2) is 11.5 Å². The number of aromatic nitrogens is 4. The Labute approximate surface area is 183 Å². The fraction of sp³-hybridized carbons (Fsp3) is 0.450. The predicted octanol–water partition coefficient (Wildman–Crippen LogP) is -0.258. The van der Waals surface area contributed by atoms with E-state index in [1.54, 1.807) is 4.57 Å². The number of aromatic amines is 1. The molecule has 1 fully saturated rings. The first-order valence-corrected chi connectivity index (χ1v) is 12.1. The lowest BCUT2D eigenvalue weighted by Gasteiger charge is -2.25. The molecule has 1 atom stereocenters. The molecular formula is C20H24N6O5S. The van der Waals surface area contributed by atoms with Crippen molar-refractivity contribution in [3.8, 4) is 11.5 Å². The number of nitrogens with one attached hydrogen (secondary N) is 2. The zero-order valence-corrected chi connectivity index (χ0v) is 18.8. The minimum Gasteiger partial charge on any atom is -0.321 e. The van der Waals surface area contributed by atoms with Crippen LogP contribution in [-0.4, -0.2) is 64.1 Å². The van der Waals surface area contributed by atoms with E-state index in [0.717, 1.165) is 29.3 Å². The summed E-state index contributed by atoms with van der Waals surface area (Å²) in [5, 5.41) is 0. The average molecular weight is 461 g/mol. The highest BCUT2D eigenvalue weighted by molar-refractivity contribution is 7.89. The molecule has 3 aliphatic rings. The van der Waals surface area contributed by atoms with Gasteiger partial charge in [-0.15, -0.1) is 0 Å². The number of rotatable bonds is 5. The van der Waals surface area contributed by atoms with Crippen LogP contribution in [0, 0.1) is 13.8 Å². The van der Waals surface area contributed by atoms with Gasteiger partial charge in [-0.05, 0) is 56.5 Å². The van der Waals surface area contributed by atoms with Crippen molar-refractivity contribution in [1.82, 2.24) is 29.1 Å². The lowest BCUT2D eigenvalue weighted by atomic mass is 10.1. The summed E-state index contributed by atoms with van der Waals surface area (Å²) < 4.78 is 26.8. The van der Waals surface area contributed by atoms with E-state index < -0.39 is 33.2 Å². The van der Waals surface area contributed by atoms with Crippen LogP contribution in [0.15, 0.2) is 21.7 Å². The van der Waals surface area contributed by atoms with Crippen molar-refractivity contribution in [1.29, 1.82) is 0 Å². The number of hydrogen-bond acceptors (Lipinski definition) is 8. The van der Waals surface area contributed by atoms with E-state index in [2.05, 4.69) is 19.7 Å². The van der Waals surface area contributed by atoms with Crippen molar-refractivity contribution < 1.29 is 13.2 Å². The number of sulfonamides is 1. The Bertz CT molecular complexity index is 1410. The summed E-state index contributed by atoms with van der Waals surface area (Å²) in [5.74, 6) is -0.381. The van der Waals surface area contributed by atoms with Crippen molar-refractivity contribution in [2.75, 3.05) is 19.3 Å². The van der Waals surface area contributed by atoms with Crippen LogP contribution in [0.1, 0.15) is 24.0 Å². The molecule has 0 bridgehead atoms. The zero-order valence-electron chi connectivity index (χ0n) is 18.0. The lowest BCUT2D eigenvalue weighted by molar-refractivity contribution is -0.123. The van der Waals surface area contributed by atoms with Gasteiger partial charge in [-0.2, -0.15) is 4.98 Å². The highest BCUT2D eigenvalue weighted by Crippen LogP contribution is 2.25. The van der Waals surface area contributed by atoms with Gasteiger partial charge >= 0.3 is 5.69 Å². The van der Waals surface area contributed by atoms with Crippen molar-refractivity contribution in [2.24, 2.45) is 0 Å². The van der Waals surface area contributed by atoms with E-state index >= 15 is 0 Å². The number of aryl methyl sites for hydroxylation is 2. The second-order valence-corrected chi connectivity index (χ2v) is 9.91. The van der Waals surface area contributed by atoms with Gasteiger partial charge in [-0.25, -0.2) is 18.2 Å². The summed E-state index contributed by atoms with van der Waals surface area (Å²) in [6.45, 7) is 5.26. The zero-order chi connectivity index (χ0) is 23.2. The molecule has 0 spiro atoms. The summed E-state index contributed by atoms with van der Waals surface area (Å²) in [4.78, 5) is 49.2. The maximum atomic E-state index is 12.4. The first-order valence-electron chi connectivity index (χ1n) is 10.2. The van der Waals surface area contributed by atoms with Gasteiger partial charge in [-0.3, -0.25) is 24.2 Å². The van der Waals surface area contributed by atoms with E-state index in [-0.39, 0.29) is 11.5 Å². The second kappa shape index (κ2) is 8.10. The van der Waals surface area contributed by atoms with Gasteiger partial charge in [-0.1, -0.05) is 0 Å². The standard InChI is InChI=1S/C20H24N6O5S/c1-11-9-13-15(10-12(11)2)26(17-16(21-13)19(28)23-20(29)22-17)8-7-25-6-4-5-14(25)18(27)24-32(3,30)31/h9-10,14H,4-8H2,1-3H3,(H,24,27)(H,23,28,29)/t14-/m1/s1. The molecule has 170 valence electrons. The van der Waals surface area contributed by atoms with Crippen LogP contribution in [0.2, 0.25) is 0 Å². The minimum atomic E-state index is -3.65. The molecule has 0 radical (unpaired) electrons. The fourth-order valence-corrected chi connectivity index (χ4v) is 4.65. The minimum absolute atomic E-state index is 0.0631. The van der Waals surface area contributed by atoms with Crippen LogP contribution in [-0.2, 0) is 21.4 Å². The van der Waals surface area contributed by atoms with Gasteiger partial charge in [0.2, 0.25) is 10.0 Å². The molecule has 32 heavy (non-hydrogen) atoms. The van der Waals surface area contributed by atoms with Crippen molar-refractivity contribution in [2.45, 2.75) is 39.3 Å². The molecule has 0 unspecified atom stereocenters. The number of carbonyl (C=O) groups excluding carboxylic acids is 1. The normalized spacial score (nSPS) is 17.3. The average Bonchev–Trinajstić information content (AvgIpc) is 3.15. The fourth-order valence-electron chi connectivity index (χ4n) is 4.15. The maximum absolute atomic E-state index is 12.4. The third-order valence-corrected chi connectivity index (χ3v) is 6.36. The summed E-state index contributed by atoms with van der Waals surface area (Å²) >= 11 is 0.